The van der Waals surface area contributed by atoms with E-state index in [1.807, 2.05) is 19.1 Å². The molecule has 5 heteroatoms. The molecule has 1 unspecified atom stereocenters. The average Bonchev–Trinajstić information content (AvgIpc) is 3.22. The highest BCUT2D eigenvalue weighted by molar-refractivity contribution is 5.42. The number of pyridine rings is 1. The van der Waals surface area contributed by atoms with Gasteiger partial charge in [0.1, 0.15) is 17.6 Å². The maximum absolute atomic E-state index is 9.74. The minimum absolute atomic E-state index is 0.334. The van der Waals surface area contributed by atoms with Crippen LogP contribution in [0.25, 0.3) is 0 Å². The molecule has 102 valence electrons. The highest BCUT2D eigenvalue weighted by Crippen LogP contribution is 2.28. The number of anilines is 1. The van der Waals surface area contributed by atoms with Crippen LogP contribution in [-0.4, -0.2) is 36.0 Å². The zero-order valence-electron chi connectivity index (χ0n) is 11.1. The molecule has 0 radical (unpaired) electrons. The highest BCUT2D eigenvalue weighted by Gasteiger charge is 2.21. The quantitative estimate of drug-likeness (QED) is 0.777. The molecule has 1 aromatic rings. The van der Waals surface area contributed by atoms with Gasteiger partial charge in [-0.15, -0.1) is 0 Å². The van der Waals surface area contributed by atoms with Gasteiger partial charge >= 0.3 is 0 Å². The van der Waals surface area contributed by atoms with Crippen LogP contribution in [0, 0.1) is 24.2 Å². The molecule has 2 N–H and O–H groups in total. The first-order valence-electron chi connectivity index (χ1n) is 6.56. The standard InChI is InChI=1S/C14H19N3O2/c1-10-2-5-14(17-13(10)6-15)16-7-12(18)9-19-8-11-3-4-11/h2,5,11-12,18H,3-4,7-9H2,1H3,(H,16,17). The number of rotatable bonds is 7. The molecule has 1 aromatic heterocycles. The maximum atomic E-state index is 9.74. The van der Waals surface area contributed by atoms with Gasteiger partial charge in [0, 0.05) is 13.2 Å². The lowest BCUT2D eigenvalue weighted by Gasteiger charge is -2.13. The van der Waals surface area contributed by atoms with E-state index in [9.17, 15) is 5.11 Å². The van der Waals surface area contributed by atoms with Crippen molar-refractivity contribution in [2.24, 2.45) is 5.92 Å². The first kappa shape index (κ1) is 13.8. The number of hydrogen-bond donors (Lipinski definition) is 2. The fourth-order valence-corrected chi connectivity index (χ4v) is 1.68. The van der Waals surface area contributed by atoms with Crippen LogP contribution in [0.1, 0.15) is 24.1 Å². The van der Waals surface area contributed by atoms with E-state index >= 15 is 0 Å². The average molecular weight is 261 g/mol. The number of nitriles is 1. The summed E-state index contributed by atoms with van der Waals surface area (Å²) in [4.78, 5) is 4.16. The summed E-state index contributed by atoms with van der Waals surface area (Å²) in [5.41, 5.74) is 1.26. The number of aliphatic hydroxyl groups excluding tert-OH is 1. The normalized spacial score (nSPS) is 15.8. The van der Waals surface area contributed by atoms with E-state index in [0.717, 1.165) is 12.2 Å². The Hall–Kier alpha value is -1.64. The van der Waals surface area contributed by atoms with Crippen LogP contribution in [0.5, 0.6) is 0 Å². The lowest BCUT2D eigenvalue weighted by Crippen LogP contribution is -2.25. The number of nitrogens with one attached hydrogen (secondary N) is 1. The molecule has 0 saturated heterocycles. The summed E-state index contributed by atoms with van der Waals surface area (Å²) in [6, 6.07) is 5.68. The van der Waals surface area contributed by atoms with Gasteiger partial charge in [0.25, 0.3) is 0 Å². The summed E-state index contributed by atoms with van der Waals surface area (Å²) in [6.07, 6.45) is 1.93. The first-order valence-corrected chi connectivity index (χ1v) is 6.56. The van der Waals surface area contributed by atoms with Gasteiger partial charge in [-0.1, -0.05) is 6.07 Å². The minimum atomic E-state index is -0.563. The van der Waals surface area contributed by atoms with Gasteiger partial charge in [0.2, 0.25) is 0 Å². The molecule has 5 nitrogen and oxygen atoms in total. The second kappa shape index (κ2) is 6.50. The summed E-state index contributed by atoms with van der Waals surface area (Å²) in [7, 11) is 0. The van der Waals surface area contributed by atoms with E-state index in [4.69, 9.17) is 10.00 Å². The molecule has 1 atom stereocenters. The van der Waals surface area contributed by atoms with Crippen LogP contribution in [-0.2, 0) is 4.74 Å². The van der Waals surface area contributed by atoms with E-state index in [1.54, 1.807) is 6.07 Å². The molecular formula is C14H19N3O2. The summed E-state index contributed by atoms with van der Waals surface area (Å²) < 4.78 is 5.41. The number of aryl methyl sites for hydroxylation is 1. The van der Waals surface area contributed by atoms with Crippen LogP contribution in [0.2, 0.25) is 0 Å². The van der Waals surface area contributed by atoms with Crippen molar-refractivity contribution in [1.29, 1.82) is 5.26 Å². The molecule has 19 heavy (non-hydrogen) atoms. The van der Waals surface area contributed by atoms with E-state index in [0.29, 0.717) is 30.6 Å². The van der Waals surface area contributed by atoms with Crippen molar-refractivity contribution < 1.29 is 9.84 Å². The molecule has 1 fully saturated rings. The molecule has 1 saturated carbocycles. The molecule has 2 rings (SSSR count). The Morgan fingerprint density at radius 3 is 3.05 bits per heavy atom. The van der Waals surface area contributed by atoms with Crippen molar-refractivity contribution in [3.05, 3.63) is 23.4 Å². The van der Waals surface area contributed by atoms with Crippen LogP contribution in [0.3, 0.4) is 0 Å². The van der Waals surface area contributed by atoms with Gasteiger partial charge < -0.3 is 15.2 Å². The van der Waals surface area contributed by atoms with Gasteiger partial charge in [-0.3, -0.25) is 0 Å². The van der Waals surface area contributed by atoms with E-state index in [1.165, 1.54) is 12.8 Å². The summed E-state index contributed by atoms with van der Waals surface area (Å²) in [5, 5.41) is 21.6. The number of ether oxygens (including phenoxy) is 1. The third-order valence-electron chi connectivity index (χ3n) is 3.08. The predicted molar refractivity (Wildman–Crippen MR) is 71.7 cm³/mol. The van der Waals surface area contributed by atoms with E-state index in [2.05, 4.69) is 10.3 Å². The third kappa shape index (κ3) is 4.51. The van der Waals surface area contributed by atoms with E-state index in [-0.39, 0.29) is 0 Å². The molecule has 1 aliphatic rings. The van der Waals surface area contributed by atoms with Crippen molar-refractivity contribution >= 4 is 5.82 Å². The van der Waals surface area contributed by atoms with Crippen molar-refractivity contribution in [3.63, 3.8) is 0 Å². The minimum Gasteiger partial charge on any atom is -0.389 e. The van der Waals surface area contributed by atoms with Crippen molar-refractivity contribution in [2.45, 2.75) is 25.9 Å². The van der Waals surface area contributed by atoms with Crippen molar-refractivity contribution in [3.8, 4) is 6.07 Å². The Labute approximate surface area is 113 Å². The number of hydrogen-bond acceptors (Lipinski definition) is 5. The van der Waals surface area contributed by atoms with Gasteiger partial charge in [0.05, 0.1) is 12.7 Å². The Morgan fingerprint density at radius 1 is 1.58 bits per heavy atom. The number of nitrogens with zero attached hydrogens (tertiary/aromatic N) is 2. The van der Waals surface area contributed by atoms with Gasteiger partial charge in [0.15, 0.2) is 0 Å². The van der Waals surface area contributed by atoms with E-state index < -0.39 is 6.10 Å². The zero-order valence-corrected chi connectivity index (χ0v) is 11.1. The van der Waals surface area contributed by atoms with Gasteiger partial charge in [-0.05, 0) is 37.3 Å². The van der Waals surface area contributed by atoms with Crippen molar-refractivity contribution in [2.75, 3.05) is 25.1 Å². The summed E-state index contributed by atoms with van der Waals surface area (Å²) in [5.74, 6) is 1.31. The second-order valence-electron chi connectivity index (χ2n) is 4.99. The molecule has 0 spiro atoms. The lowest BCUT2D eigenvalue weighted by atomic mass is 10.2. The van der Waals surface area contributed by atoms with Crippen LogP contribution in [0.15, 0.2) is 12.1 Å². The number of aliphatic hydroxyl groups is 1. The fourth-order valence-electron chi connectivity index (χ4n) is 1.68. The van der Waals surface area contributed by atoms with Gasteiger partial charge in [-0.25, -0.2) is 4.98 Å². The van der Waals surface area contributed by atoms with Crippen LogP contribution in [0.4, 0.5) is 5.82 Å². The Balaban J connectivity index is 1.72. The first-order chi connectivity index (χ1) is 9.19. The fraction of sp³-hybridized carbons (Fsp3) is 0.571. The zero-order chi connectivity index (χ0) is 13.7. The Morgan fingerprint density at radius 2 is 2.37 bits per heavy atom. The van der Waals surface area contributed by atoms with Crippen LogP contribution >= 0.6 is 0 Å². The number of aromatic nitrogens is 1. The molecule has 1 heterocycles. The lowest BCUT2D eigenvalue weighted by molar-refractivity contribution is 0.0386. The second-order valence-corrected chi connectivity index (χ2v) is 4.99. The third-order valence-corrected chi connectivity index (χ3v) is 3.08. The molecule has 0 aromatic carbocycles. The smallest absolute Gasteiger partial charge is 0.145 e. The summed E-state index contributed by atoms with van der Waals surface area (Å²) in [6.45, 7) is 3.29. The Kier molecular flexibility index (Phi) is 4.72. The molecule has 0 amide bonds. The predicted octanol–water partition coefficient (Wildman–Crippen LogP) is 1.46. The topological polar surface area (TPSA) is 78.2 Å². The molecule has 0 bridgehead atoms. The SMILES string of the molecule is Cc1ccc(NCC(O)COCC2CC2)nc1C#N. The molecular weight excluding hydrogens is 242 g/mol. The summed E-state index contributed by atoms with van der Waals surface area (Å²) >= 11 is 0. The van der Waals surface area contributed by atoms with Gasteiger partial charge in [-0.2, -0.15) is 5.26 Å². The maximum Gasteiger partial charge on any atom is 0.145 e. The monoisotopic (exact) mass is 261 g/mol. The largest absolute Gasteiger partial charge is 0.389 e. The molecule has 0 aliphatic heterocycles. The molecule has 1 aliphatic carbocycles. The Bertz CT molecular complexity index is 466. The highest BCUT2D eigenvalue weighted by atomic mass is 16.5. The van der Waals surface area contributed by atoms with Crippen molar-refractivity contribution in [1.82, 2.24) is 4.98 Å². The van der Waals surface area contributed by atoms with Crippen LogP contribution < -0.4 is 5.32 Å².